The number of likely N-dealkylation sites (N-methyl/N-ethyl adjacent to an activating group) is 1. The Bertz CT molecular complexity index is 923. The van der Waals surface area contributed by atoms with Gasteiger partial charge in [0.2, 0.25) is 5.91 Å². The number of hydrogen-bond donors (Lipinski definition) is 0. The van der Waals surface area contributed by atoms with Gasteiger partial charge in [0.05, 0.1) is 11.7 Å². The Labute approximate surface area is 165 Å². The number of likely N-dealkylation sites (tertiary alicyclic amines) is 1. The van der Waals surface area contributed by atoms with E-state index in [1.165, 1.54) is 5.56 Å². The molecule has 1 saturated heterocycles. The van der Waals surface area contributed by atoms with Gasteiger partial charge in [-0.05, 0) is 43.1 Å². The summed E-state index contributed by atoms with van der Waals surface area (Å²) >= 11 is 0. The molecule has 0 aliphatic carbocycles. The predicted octanol–water partition coefficient (Wildman–Crippen LogP) is 2.94. The van der Waals surface area contributed by atoms with Gasteiger partial charge < -0.3 is 4.90 Å². The molecular weight excluding hydrogens is 350 g/mol. The molecule has 1 atom stereocenters. The largest absolute Gasteiger partial charge is 0.340 e. The molecule has 0 N–H and O–H groups in total. The Kier molecular flexibility index (Phi) is 5.67. The second-order valence-electron chi connectivity index (χ2n) is 7.42. The second kappa shape index (κ2) is 8.52. The van der Waals surface area contributed by atoms with Crippen molar-refractivity contribution in [1.82, 2.24) is 24.6 Å². The van der Waals surface area contributed by atoms with Gasteiger partial charge in [-0.2, -0.15) is 5.10 Å². The molecule has 4 rings (SSSR count). The van der Waals surface area contributed by atoms with Gasteiger partial charge in [0.1, 0.15) is 6.54 Å². The number of pyridine rings is 1. The van der Waals surface area contributed by atoms with Crippen LogP contribution in [0.2, 0.25) is 0 Å². The highest BCUT2D eigenvalue weighted by Crippen LogP contribution is 2.19. The topological polar surface area (TPSA) is 54.3 Å². The lowest BCUT2D eigenvalue weighted by atomic mass is 10.0. The summed E-state index contributed by atoms with van der Waals surface area (Å²) in [4.78, 5) is 21.5. The fourth-order valence-electron chi connectivity index (χ4n) is 4.08. The van der Waals surface area contributed by atoms with Gasteiger partial charge in [0.25, 0.3) is 0 Å². The monoisotopic (exact) mass is 377 g/mol. The van der Waals surface area contributed by atoms with Crippen molar-refractivity contribution in [3.8, 4) is 0 Å². The third-order valence-corrected chi connectivity index (χ3v) is 5.64. The number of carbonyl (C=O) groups is 1. The number of benzene rings is 1. The van der Waals surface area contributed by atoms with Crippen LogP contribution < -0.4 is 0 Å². The van der Waals surface area contributed by atoms with Crippen LogP contribution in [-0.2, 0) is 17.9 Å². The zero-order valence-electron chi connectivity index (χ0n) is 16.4. The molecule has 2 aromatic heterocycles. The molecule has 3 heterocycles. The van der Waals surface area contributed by atoms with Crippen LogP contribution in [0.4, 0.5) is 0 Å². The molecule has 28 heavy (non-hydrogen) atoms. The van der Waals surface area contributed by atoms with E-state index in [0.717, 1.165) is 49.9 Å². The van der Waals surface area contributed by atoms with Crippen LogP contribution in [0.1, 0.15) is 25.3 Å². The molecule has 3 aromatic rings. The smallest absolute Gasteiger partial charge is 0.244 e. The molecule has 0 unspecified atom stereocenters. The fraction of sp³-hybridized carbons (Fsp3) is 0.409. The van der Waals surface area contributed by atoms with E-state index in [1.54, 1.807) is 0 Å². The molecule has 1 aliphatic rings. The van der Waals surface area contributed by atoms with Crippen LogP contribution >= 0.6 is 0 Å². The van der Waals surface area contributed by atoms with Crippen LogP contribution in [0.15, 0.2) is 55.0 Å². The van der Waals surface area contributed by atoms with Crippen LogP contribution in [0.5, 0.6) is 0 Å². The number of rotatable bonds is 6. The number of carbonyl (C=O) groups excluding carboxylic acids is 1. The predicted molar refractivity (Wildman–Crippen MR) is 110 cm³/mol. The Hall–Kier alpha value is -2.73. The first-order valence-corrected chi connectivity index (χ1v) is 10.1. The first-order valence-electron chi connectivity index (χ1n) is 10.1. The van der Waals surface area contributed by atoms with Crippen molar-refractivity contribution in [2.45, 2.75) is 38.9 Å². The van der Waals surface area contributed by atoms with E-state index in [1.807, 2.05) is 52.4 Å². The molecule has 1 fully saturated rings. The number of amides is 1. The highest BCUT2D eigenvalue weighted by Gasteiger charge is 2.27. The summed E-state index contributed by atoms with van der Waals surface area (Å²) in [5.74, 6) is 0.151. The van der Waals surface area contributed by atoms with Gasteiger partial charge in [0, 0.05) is 43.5 Å². The molecule has 1 aliphatic heterocycles. The molecule has 0 saturated carbocycles. The molecule has 0 bridgehead atoms. The maximum atomic E-state index is 13.0. The summed E-state index contributed by atoms with van der Waals surface area (Å²) in [6.45, 7) is 5.99. The summed E-state index contributed by atoms with van der Waals surface area (Å²) < 4.78 is 1.82. The molecule has 0 spiro atoms. The Morgan fingerprint density at radius 2 is 2.04 bits per heavy atom. The first-order chi connectivity index (χ1) is 13.7. The molecule has 146 valence electrons. The number of nitrogens with zero attached hydrogens (tertiary/aromatic N) is 5. The van der Waals surface area contributed by atoms with Crippen molar-refractivity contribution in [1.29, 1.82) is 0 Å². The van der Waals surface area contributed by atoms with Crippen molar-refractivity contribution in [3.05, 3.63) is 60.6 Å². The van der Waals surface area contributed by atoms with Crippen LogP contribution in [0.3, 0.4) is 0 Å². The van der Waals surface area contributed by atoms with Crippen molar-refractivity contribution in [2.75, 3.05) is 19.6 Å². The zero-order valence-corrected chi connectivity index (χ0v) is 16.4. The average molecular weight is 377 g/mol. The van der Waals surface area contributed by atoms with Crippen molar-refractivity contribution in [3.63, 3.8) is 0 Å². The number of hydrogen-bond acceptors (Lipinski definition) is 4. The fourth-order valence-corrected chi connectivity index (χ4v) is 4.08. The summed E-state index contributed by atoms with van der Waals surface area (Å²) in [7, 11) is 0. The first kappa shape index (κ1) is 18.6. The summed E-state index contributed by atoms with van der Waals surface area (Å²) in [5.41, 5.74) is 2.28. The van der Waals surface area contributed by atoms with E-state index >= 15 is 0 Å². The minimum Gasteiger partial charge on any atom is -0.340 e. The summed E-state index contributed by atoms with van der Waals surface area (Å²) in [5, 5.41) is 5.48. The normalized spacial score (nSPS) is 17.4. The lowest BCUT2D eigenvalue weighted by Gasteiger charge is -2.39. The summed E-state index contributed by atoms with van der Waals surface area (Å²) in [6, 6.07) is 12.5. The Morgan fingerprint density at radius 1 is 1.21 bits per heavy atom. The molecule has 1 aromatic carbocycles. The quantitative estimate of drug-likeness (QED) is 0.663. The van der Waals surface area contributed by atoms with Crippen LogP contribution in [0, 0.1) is 0 Å². The maximum absolute atomic E-state index is 13.0. The standard InChI is InChI=1S/C22H27N5O/c1-2-25(15-18-9-11-23-12-10-18)20-7-5-13-26(16-20)22(28)17-27-21-8-4-3-6-19(21)14-24-27/h3-4,6,8-12,14,20H,2,5,7,13,15-17H2,1H3/t20-/m0/s1. The molecular formula is C22H27N5O. The highest BCUT2D eigenvalue weighted by molar-refractivity contribution is 5.82. The minimum absolute atomic E-state index is 0.151. The molecule has 6 heteroatoms. The van der Waals surface area contributed by atoms with Gasteiger partial charge in [-0.25, -0.2) is 0 Å². The lowest BCUT2D eigenvalue weighted by molar-refractivity contribution is -0.134. The zero-order chi connectivity index (χ0) is 19.3. The SMILES string of the molecule is CCN(Cc1ccncc1)[C@H]1CCCN(C(=O)Cn2ncc3ccccc32)C1. The third-order valence-electron chi connectivity index (χ3n) is 5.64. The van der Waals surface area contributed by atoms with E-state index in [2.05, 4.69) is 34.0 Å². The minimum atomic E-state index is 0.151. The maximum Gasteiger partial charge on any atom is 0.244 e. The number of piperidine rings is 1. The van der Waals surface area contributed by atoms with Crippen molar-refractivity contribution >= 4 is 16.8 Å². The van der Waals surface area contributed by atoms with Crippen LogP contribution in [-0.4, -0.2) is 56.1 Å². The Balaban J connectivity index is 1.41. The lowest BCUT2D eigenvalue weighted by Crippen LogP contribution is -2.50. The van der Waals surface area contributed by atoms with Gasteiger partial charge in [-0.3, -0.25) is 19.4 Å². The number of para-hydroxylation sites is 1. The Morgan fingerprint density at radius 3 is 2.86 bits per heavy atom. The average Bonchev–Trinajstić information content (AvgIpc) is 3.16. The van der Waals surface area contributed by atoms with Crippen LogP contribution in [0.25, 0.3) is 10.9 Å². The molecule has 1 amide bonds. The van der Waals surface area contributed by atoms with E-state index in [-0.39, 0.29) is 5.91 Å². The van der Waals surface area contributed by atoms with Gasteiger partial charge in [-0.15, -0.1) is 0 Å². The van der Waals surface area contributed by atoms with E-state index in [9.17, 15) is 4.79 Å². The molecule has 0 radical (unpaired) electrons. The van der Waals surface area contributed by atoms with Crippen molar-refractivity contribution < 1.29 is 4.79 Å². The second-order valence-corrected chi connectivity index (χ2v) is 7.42. The van der Waals surface area contributed by atoms with Gasteiger partial charge >= 0.3 is 0 Å². The third kappa shape index (κ3) is 4.07. The highest BCUT2D eigenvalue weighted by atomic mass is 16.2. The van der Waals surface area contributed by atoms with Crippen molar-refractivity contribution in [2.24, 2.45) is 0 Å². The van der Waals surface area contributed by atoms with E-state index in [0.29, 0.717) is 12.6 Å². The van der Waals surface area contributed by atoms with E-state index in [4.69, 9.17) is 0 Å². The summed E-state index contributed by atoms with van der Waals surface area (Å²) in [6.07, 6.45) is 7.69. The van der Waals surface area contributed by atoms with Gasteiger partial charge in [0.15, 0.2) is 0 Å². The number of aromatic nitrogens is 3. The van der Waals surface area contributed by atoms with Gasteiger partial charge in [-0.1, -0.05) is 25.1 Å². The molecule has 6 nitrogen and oxygen atoms in total. The number of fused-ring (bicyclic) bond motifs is 1. The van der Waals surface area contributed by atoms with E-state index < -0.39 is 0 Å².